The molecule has 20 heavy (non-hydrogen) atoms. The van der Waals surface area contributed by atoms with Crippen molar-refractivity contribution in [2.24, 2.45) is 5.73 Å². The van der Waals surface area contributed by atoms with Gasteiger partial charge in [0.05, 0.1) is 0 Å². The molecule has 2 nitrogen and oxygen atoms in total. The molecule has 0 aromatic heterocycles. The number of hydrogen-bond donors (Lipinski definition) is 2. The minimum Gasteiger partial charge on any atom is -0.323 e. The summed E-state index contributed by atoms with van der Waals surface area (Å²) in [6, 6.07) is 18.3. The van der Waals surface area contributed by atoms with Gasteiger partial charge in [-0.3, -0.25) is 0 Å². The Morgan fingerprint density at radius 1 is 0.900 bits per heavy atom. The average Bonchev–Trinajstić information content (AvgIpc) is 3.03. The average molecular weight is 264 g/mol. The van der Waals surface area contributed by atoms with E-state index in [4.69, 9.17) is 5.73 Å². The minimum absolute atomic E-state index is 0.124. The van der Waals surface area contributed by atoms with Crippen LogP contribution in [0.3, 0.4) is 0 Å². The second-order valence-corrected chi connectivity index (χ2v) is 5.99. The van der Waals surface area contributed by atoms with Gasteiger partial charge in [-0.2, -0.15) is 0 Å². The Morgan fingerprint density at radius 3 is 2.40 bits per heavy atom. The Kier molecular flexibility index (Phi) is 2.86. The molecular formula is C18H20N2. The normalized spacial score (nSPS) is 27.4. The number of nitrogens with two attached hydrogens (primary N) is 1. The van der Waals surface area contributed by atoms with Crippen molar-refractivity contribution in [3.63, 3.8) is 0 Å². The van der Waals surface area contributed by atoms with Crippen LogP contribution in [0.25, 0.3) is 0 Å². The minimum atomic E-state index is 0.124. The quantitative estimate of drug-likeness (QED) is 0.875. The summed E-state index contributed by atoms with van der Waals surface area (Å²) in [7, 11) is 0. The SMILES string of the molecule is NC1c2ccccc2C[C@H]1NC1CCc2ccccc21. The predicted octanol–water partition coefficient (Wildman–Crippen LogP) is 2.89. The molecule has 0 amide bonds. The van der Waals surface area contributed by atoms with Crippen LogP contribution in [0.5, 0.6) is 0 Å². The molecule has 2 aromatic rings. The lowest BCUT2D eigenvalue weighted by molar-refractivity contribution is 0.401. The zero-order chi connectivity index (χ0) is 13.5. The van der Waals surface area contributed by atoms with Gasteiger partial charge < -0.3 is 11.1 Å². The van der Waals surface area contributed by atoms with Crippen LogP contribution in [0.15, 0.2) is 48.5 Å². The van der Waals surface area contributed by atoms with E-state index in [9.17, 15) is 0 Å². The third kappa shape index (κ3) is 1.88. The summed E-state index contributed by atoms with van der Waals surface area (Å²) in [6.07, 6.45) is 3.43. The molecular weight excluding hydrogens is 244 g/mol. The van der Waals surface area contributed by atoms with Crippen molar-refractivity contribution >= 4 is 0 Å². The molecule has 3 atom stereocenters. The van der Waals surface area contributed by atoms with Crippen molar-refractivity contribution in [3.8, 4) is 0 Å². The molecule has 2 aromatic carbocycles. The summed E-state index contributed by atoms with van der Waals surface area (Å²) in [5, 5.41) is 3.81. The number of fused-ring (bicyclic) bond motifs is 2. The molecule has 0 fully saturated rings. The Bertz CT molecular complexity index is 635. The Hall–Kier alpha value is -1.64. The molecule has 0 saturated carbocycles. The first-order valence-electron chi connectivity index (χ1n) is 7.50. The molecule has 0 bridgehead atoms. The van der Waals surface area contributed by atoms with E-state index in [0.29, 0.717) is 12.1 Å². The molecule has 0 spiro atoms. The third-order valence-corrected chi connectivity index (χ3v) is 4.84. The third-order valence-electron chi connectivity index (χ3n) is 4.84. The van der Waals surface area contributed by atoms with Gasteiger partial charge >= 0.3 is 0 Å². The Labute approximate surface area is 120 Å². The first-order valence-corrected chi connectivity index (χ1v) is 7.50. The van der Waals surface area contributed by atoms with Gasteiger partial charge in [0, 0.05) is 18.1 Å². The smallest absolute Gasteiger partial charge is 0.0457 e. The predicted molar refractivity (Wildman–Crippen MR) is 81.5 cm³/mol. The molecule has 0 aliphatic heterocycles. The number of nitrogens with one attached hydrogen (secondary N) is 1. The van der Waals surface area contributed by atoms with E-state index in [-0.39, 0.29) is 6.04 Å². The van der Waals surface area contributed by atoms with Gasteiger partial charge in [-0.15, -0.1) is 0 Å². The molecule has 0 heterocycles. The lowest BCUT2D eigenvalue weighted by Crippen LogP contribution is -2.38. The van der Waals surface area contributed by atoms with E-state index < -0.39 is 0 Å². The van der Waals surface area contributed by atoms with Crippen LogP contribution in [0.1, 0.15) is 40.8 Å². The second kappa shape index (κ2) is 4.72. The Morgan fingerprint density at radius 2 is 1.60 bits per heavy atom. The summed E-state index contributed by atoms with van der Waals surface area (Å²) < 4.78 is 0. The summed E-state index contributed by atoms with van der Waals surface area (Å²) in [5.41, 5.74) is 12.1. The highest BCUT2D eigenvalue weighted by Gasteiger charge is 2.32. The summed E-state index contributed by atoms with van der Waals surface area (Å²) in [4.78, 5) is 0. The number of hydrogen-bond acceptors (Lipinski definition) is 2. The van der Waals surface area contributed by atoms with Crippen molar-refractivity contribution < 1.29 is 0 Å². The molecule has 3 N–H and O–H groups in total. The number of rotatable bonds is 2. The van der Waals surface area contributed by atoms with E-state index in [2.05, 4.69) is 53.8 Å². The fraction of sp³-hybridized carbons (Fsp3) is 0.333. The van der Waals surface area contributed by atoms with Gasteiger partial charge in [0.15, 0.2) is 0 Å². The van der Waals surface area contributed by atoms with E-state index in [0.717, 1.165) is 6.42 Å². The van der Waals surface area contributed by atoms with Gasteiger partial charge in [0.2, 0.25) is 0 Å². The summed E-state index contributed by atoms with van der Waals surface area (Å²) in [5.74, 6) is 0. The maximum atomic E-state index is 6.43. The van der Waals surface area contributed by atoms with E-state index >= 15 is 0 Å². The standard InChI is InChI=1S/C18H20N2/c19-18-15-8-4-2-6-13(15)11-17(18)20-16-10-9-12-5-1-3-7-14(12)16/h1-8,16-18,20H,9-11,19H2/t16?,17-,18?/m1/s1. The molecule has 2 unspecified atom stereocenters. The molecule has 102 valence electrons. The van der Waals surface area contributed by atoms with Crippen molar-refractivity contribution in [1.29, 1.82) is 0 Å². The maximum Gasteiger partial charge on any atom is 0.0457 e. The van der Waals surface area contributed by atoms with Crippen LogP contribution in [0, 0.1) is 0 Å². The fourth-order valence-corrected chi connectivity index (χ4v) is 3.78. The topological polar surface area (TPSA) is 38.0 Å². The van der Waals surface area contributed by atoms with Crippen LogP contribution < -0.4 is 11.1 Å². The Balaban J connectivity index is 1.55. The lowest BCUT2D eigenvalue weighted by Gasteiger charge is -2.23. The summed E-state index contributed by atoms with van der Waals surface area (Å²) in [6.45, 7) is 0. The molecule has 2 aliphatic carbocycles. The molecule has 2 aliphatic rings. The van der Waals surface area contributed by atoms with Crippen LogP contribution in [0.4, 0.5) is 0 Å². The van der Waals surface area contributed by atoms with E-state index in [1.54, 1.807) is 0 Å². The van der Waals surface area contributed by atoms with Gasteiger partial charge in [0.25, 0.3) is 0 Å². The molecule has 0 radical (unpaired) electrons. The summed E-state index contributed by atoms with van der Waals surface area (Å²) >= 11 is 0. The van der Waals surface area contributed by atoms with E-state index in [1.165, 1.54) is 35.1 Å². The van der Waals surface area contributed by atoms with Gasteiger partial charge in [-0.25, -0.2) is 0 Å². The first kappa shape index (κ1) is 12.1. The monoisotopic (exact) mass is 264 g/mol. The fourth-order valence-electron chi connectivity index (χ4n) is 3.78. The van der Waals surface area contributed by atoms with Crippen molar-refractivity contribution in [1.82, 2.24) is 5.32 Å². The molecule has 4 rings (SSSR count). The largest absolute Gasteiger partial charge is 0.323 e. The highest BCUT2D eigenvalue weighted by molar-refractivity contribution is 5.38. The van der Waals surface area contributed by atoms with Crippen LogP contribution in [-0.2, 0) is 12.8 Å². The zero-order valence-electron chi connectivity index (χ0n) is 11.5. The van der Waals surface area contributed by atoms with Crippen molar-refractivity contribution in [2.75, 3.05) is 0 Å². The van der Waals surface area contributed by atoms with Crippen LogP contribution in [0.2, 0.25) is 0 Å². The zero-order valence-corrected chi connectivity index (χ0v) is 11.5. The van der Waals surface area contributed by atoms with Crippen molar-refractivity contribution in [3.05, 3.63) is 70.8 Å². The van der Waals surface area contributed by atoms with Crippen molar-refractivity contribution in [2.45, 2.75) is 37.4 Å². The molecule has 0 saturated heterocycles. The lowest BCUT2D eigenvalue weighted by atomic mass is 10.0. The number of aryl methyl sites for hydroxylation is 1. The highest BCUT2D eigenvalue weighted by Crippen LogP contribution is 2.35. The second-order valence-electron chi connectivity index (χ2n) is 5.99. The highest BCUT2D eigenvalue weighted by atomic mass is 15.0. The van der Waals surface area contributed by atoms with Gasteiger partial charge in [-0.05, 0) is 41.5 Å². The van der Waals surface area contributed by atoms with Crippen LogP contribution >= 0.6 is 0 Å². The van der Waals surface area contributed by atoms with Crippen LogP contribution in [-0.4, -0.2) is 6.04 Å². The van der Waals surface area contributed by atoms with Gasteiger partial charge in [-0.1, -0.05) is 48.5 Å². The van der Waals surface area contributed by atoms with Gasteiger partial charge in [0.1, 0.15) is 0 Å². The number of benzene rings is 2. The maximum absolute atomic E-state index is 6.43. The molecule has 2 heteroatoms. The van der Waals surface area contributed by atoms with E-state index in [1.807, 2.05) is 0 Å². The first-order chi connectivity index (χ1) is 9.83.